The van der Waals surface area contributed by atoms with E-state index in [1.54, 1.807) is 17.0 Å². The Balaban J connectivity index is 2.54. The van der Waals surface area contributed by atoms with Gasteiger partial charge in [0.15, 0.2) is 0 Å². The predicted octanol–water partition coefficient (Wildman–Crippen LogP) is 1.59. The first-order chi connectivity index (χ1) is 10.4. The highest BCUT2D eigenvalue weighted by atomic mass is 19.1. The zero-order valence-electron chi connectivity index (χ0n) is 13.1. The molecule has 0 aliphatic carbocycles. The summed E-state index contributed by atoms with van der Waals surface area (Å²) >= 11 is 0. The number of unbranched alkanes of at least 4 members (excludes halogenated alkanes) is 1. The fourth-order valence-corrected chi connectivity index (χ4v) is 2.14. The summed E-state index contributed by atoms with van der Waals surface area (Å²) in [6.45, 7) is 4.71. The van der Waals surface area contributed by atoms with Crippen LogP contribution in [-0.2, 0) is 9.59 Å². The second-order valence-electron chi connectivity index (χ2n) is 5.37. The van der Waals surface area contributed by atoms with Crippen LogP contribution < -0.4 is 11.1 Å². The van der Waals surface area contributed by atoms with Crippen molar-refractivity contribution in [2.24, 2.45) is 5.73 Å². The predicted molar refractivity (Wildman–Crippen MR) is 83.5 cm³/mol. The summed E-state index contributed by atoms with van der Waals surface area (Å²) in [5.74, 6) is -0.945. The van der Waals surface area contributed by atoms with Gasteiger partial charge >= 0.3 is 0 Å². The molecule has 0 fully saturated rings. The van der Waals surface area contributed by atoms with Crippen LogP contribution >= 0.6 is 0 Å². The molecule has 122 valence electrons. The SMILES string of the molecule is CCCCN(CC(N)=O)CC(=O)NC(C)c1ccc(F)cc1. The Hall–Kier alpha value is -1.95. The highest BCUT2D eigenvalue weighted by molar-refractivity contribution is 5.80. The lowest BCUT2D eigenvalue weighted by Crippen LogP contribution is -2.42. The summed E-state index contributed by atoms with van der Waals surface area (Å²) in [6.07, 6.45) is 1.87. The number of amides is 2. The lowest BCUT2D eigenvalue weighted by Gasteiger charge is -2.21. The van der Waals surface area contributed by atoms with Crippen LogP contribution in [0, 0.1) is 5.82 Å². The van der Waals surface area contributed by atoms with Crippen LogP contribution in [0.1, 0.15) is 38.3 Å². The number of rotatable bonds is 9. The molecule has 22 heavy (non-hydrogen) atoms. The van der Waals surface area contributed by atoms with Gasteiger partial charge in [0.25, 0.3) is 0 Å². The van der Waals surface area contributed by atoms with Crippen molar-refractivity contribution in [2.45, 2.75) is 32.7 Å². The van der Waals surface area contributed by atoms with E-state index >= 15 is 0 Å². The number of carbonyl (C=O) groups is 2. The van der Waals surface area contributed by atoms with Gasteiger partial charge in [0.1, 0.15) is 5.82 Å². The molecule has 6 heteroatoms. The molecule has 1 unspecified atom stereocenters. The highest BCUT2D eigenvalue weighted by Gasteiger charge is 2.15. The molecule has 2 amide bonds. The molecule has 0 bridgehead atoms. The molecule has 0 aliphatic heterocycles. The first-order valence-electron chi connectivity index (χ1n) is 7.47. The summed E-state index contributed by atoms with van der Waals surface area (Å²) < 4.78 is 12.9. The van der Waals surface area contributed by atoms with Gasteiger partial charge in [-0.3, -0.25) is 14.5 Å². The first kappa shape index (κ1) is 18.1. The van der Waals surface area contributed by atoms with Gasteiger partial charge in [0, 0.05) is 0 Å². The van der Waals surface area contributed by atoms with E-state index < -0.39 is 5.91 Å². The van der Waals surface area contributed by atoms with E-state index in [2.05, 4.69) is 5.32 Å². The monoisotopic (exact) mass is 309 g/mol. The average molecular weight is 309 g/mol. The first-order valence-corrected chi connectivity index (χ1v) is 7.47. The van der Waals surface area contributed by atoms with Gasteiger partial charge in [0.2, 0.25) is 11.8 Å². The van der Waals surface area contributed by atoms with Crippen molar-refractivity contribution in [1.29, 1.82) is 0 Å². The number of hydrogen-bond acceptors (Lipinski definition) is 3. The topological polar surface area (TPSA) is 75.4 Å². The smallest absolute Gasteiger partial charge is 0.234 e. The van der Waals surface area contributed by atoms with Crippen LogP contribution in [0.5, 0.6) is 0 Å². The minimum absolute atomic E-state index is 0.0678. The lowest BCUT2D eigenvalue weighted by molar-refractivity contribution is -0.124. The number of hydrogen-bond donors (Lipinski definition) is 2. The van der Waals surface area contributed by atoms with Crippen LogP contribution in [0.15, 0.2) is 24.3 Å². The maximum absolute atomic E-state index is 12.9. The molecule has 5 nitrogen and oxygen atoms in total. The van der Waals surface area contributed by atoms with Crippen molar-refractivity contribution in [3.63, 3.8) is 0 Å². The van der Waals surface area contributed by atoms with Gasteiger partial charge < -0.3 is 11.1 Å². The number of nitrogens with one attached hydrogen (secondary N) is 1. The Morgan fingerprint density at radius 1 is 1.27 bits per heavy atom. The Bertz CT molecular complexity index is 491. The average Bonchev–Trinajstić information content (AvgIpc) is 2.44. The quantitative estimate of drug-likeness (QED) is 0.727. The van der Waals surface area contributed by atoms with Gasteiger partial charge in [-0.2, -0.15) is 0 Å². The summed E-state index contributed by atoms with van der Waals surface area (Å²) in [4.78, 5) is 24.8. The second-order valence-corrected chi connectivity index (χ2v) is 5.37. The van der Waals surface area contributed by atoms with Crippen molar-refractivity contribution >= 4 is 11.8 Å². The third-order valence-corrected chi connectivity index (χ3v) is 3.32. The van der Waals surface area contributed by atoms with E-state index in [1.807, 2.05) is 13.8 Å². The molecule has 0 saturated heterocycles. The molecule has 3 N–H and O–H groups in total. The normalized spacial score (nSPS) is 12.2. The molecular formula is C16H24FN3O2. The number of nitrogens with two attached hydrogens (primary N) is 1. The Morgan fingerprint density at radius 3 is 2.45 bits per heavy atom. The van der Waals surface area contributed by atoms with E-state index in [1.165, 1.54) is 12.1 Å². The van der Waals surface area contributed by atoms with Gasteiger partial charge in [0.05, 0.1) is 19.1 Å². The van der Waals surface area contributed by atoms with Crippen molar-refractivity contribution in [2.75, 3.05) is 19.6 Å². The largest absolute Gasteiger partial charge is 0.369 e. The number of primary amides is 1. The highest BCUT2D eigenvalue weighted by Crippen LogP contribution is 2.12. The maximum Gasteiger partial charge on any atom is 0.234 e. The molecule has 0 spiro atoms. The Labute approximate surface area is 130 Å². The number of benzene rings is 1. The van der Waals surface area contributed by atoms with Crippen LogP contribution in [0.3, 0.4) is 0 Å². The van der Waals surface area contributed by atoms with E-state index in [0.717, 1.165) is 18.4 Å². The van der Waals surface area contributed by atoms with E-state index in [-0.39, 0.29) is 30.9 Å². The number of carbonyl (C=O) groups excluding carboxylic acids is 2. The number of halogens is 1. The summed E-state index contributed by atoms with van der Waals surface area (Å²) in [5, 5.41) is 2.84. The molecule has 1 aromatic rings. The van der Waals surface area contributed by atoms with Gasteiger partial charge in [-0.15, -0.1) is 0 Å². The lowest BCUT2D eigenvalue weighted by atomic mass is 10.1. The maximum atomic E-state index is 12.9. The Kier molecular flexibility index (Phi) is 7.52. The molecule has 0 saturated carbocycles. The Morgan fingerprint density at radius 2 is 1.91 bits per heavy atom. The minimum Gasteiger partial charge on any atom is -0.369 e. The van der Waals surface area contributed by atoms with E-state index in [0.29, 0.717) is 6.54 Å². The molecule has 0 aliphatic rings. The van der Waals surface area contributed by atoms with Crippen LogP contribution in [0.4, 0.5) is 4.39 Å². The summed E-state index contributed by atoms with van der Waals surface area (Å²) in [5.41, 5.74) is 6.02. The fourth-order valence-electron chi connectivity index (χ4n) is 2.14. The third-order valence-electron chi connectivity index (χ3n) is 3.32. The van der Waals surface area contributed by atoms with Gasteiger partial charge in [-0.05, 0) is 37.6 Å². The summed E-state index contributed by atoms with van der Waals surface area (Å²) in [7, 11) is 0. The molecule has 1 atom stereocenters. The van der Waals surface area contributed by atoms with Crippen LogP contribution in [-0.4, -0.2) is 36.3 Å². The molecule has 0 heterocycles. The zero-order valence-corrected chi connectivity index (χ0v) is 13.1. The molecule has 0 aromatic heterocycles. The van der Waals surface area contributed by atoms with Crippen molar-refractivity contribution in [1.82, 2.24) is 10.2 Å². The molecular weight excluding hydrogens is 285 g/mol. The fraction of sp³-hybridized carbons (Fsp3) is 0.500. The standard InChI is InChI=1S/C16H24FN3O2/c1-3-4-9-20(10-15(18)21)11-16(22)19-12(2)13-5-7-14(17)8-6-13/h5-8,12H,3-4,9-11H2,1-2H3,(H2,18,21)(H,19,22). The molecule has 0 radical (unpaired) electrons. The van der Waals surface area contributed by atoms with Crippen LogP contribution in [0.2, 0.25) is 0 Å². The van der Waals surface area contributed by atoms with Crippen molar-refractivity contribution in [3.8, 4) is 0 Å². The molecule has 1 aromatic carbocycles. The molecule has 1 rings (SSSR count). The van der Waals surface area contributed by atoms with Gasteiger partial charge in [-0.25, -0.2) is 4.39 Å². The third kappa shape index (κ3) is 6.67. The zero-order chi connectivity index (χ0) is 16.5. The summed E-state index contributed by atoms with van der Waals surface area (Å²) in [6, 6.07) is 5.77. The minimum atomic E-state index is -0.449. The second kappa shape index (κ2) is 9.15. The van der Waals surface area contributed by atoms with E-state index in [4.69, 9.17) is 5.73 Å². The number of nitrogens with zero attached hydrogens (tertiary/aromatic N) is 1. The van der Waals surface area contributed by atoms with Crippen molar-refractivity contribution < 1.29 is 14.0 Å². The van der Waals surface area contributed by atoms with Crippen molar-refractivity contribution in [3.05, 3.63) is 35.6 Å². The van der Waals surface area contributed by atoms with E-state index in [9.17, 15) is 14.0 Å². The van der Waals surface area contributed by atoms with Crippen LogP contribution in [0.25, 0.3) is 0 Å². The van der Waals surface area contributed by atoms with Gasteiger partial charge in [-0.1, -0.05) is 25.5 Å².